The van der Waals surface area contributed by atoms with Crippen molar-refractivity contribution in [3.05, 3.63) is 28.7 Å². The van der Waals surface area contributed by atoms with Crippen LogP contribution in [0.15, 0.2) is 28.7 Å². The number of benzene rings is 1. The van der Waals surface area contributed by atoms with Gasteiger partial charge in [-0.1, -0.05) is 22.0 Å². The summed E-state index contributed by atoms with van der Waals surface area (Å²) in [6, 6.07) is 7.35. The smallest absolute Gasteiger partial charge is 0.325 e. The number of hydrogen-bond acceptors (Lipinski definition) is 4. The Labute approximate surface area is 133 Å². The van der Waals surface area contributed by atoms with Crippen molar-refractivity contribution < 1.29 is 19.1 Å². The summed E-state index contributed by atoms with van der Waals surface area (Å²) < 4.78 is 11.0. The Morgan fingerprint density at radius 2 is 2.05 bits per heavy atom. The van der Waals surface area contributed by atoms with Crippen LogP contribution in [-0.4, -0.2) is 43.1 Å². The minimum absolute atomic E-state index is 0.0378. The van der Waals surface area contributed by atoms with Crippen LogP contribution in [0.2, 0.25) is 0 Å². The molecule has 0 unspecified atom stereocenters. The SMILES string of the molecule is COC(=O)CN(C(=O)CCOc1cccc(Br)c1)C(C)C. The Bertz CT molecular complexity index is 490. The molecule has 1 amide bonds. The van der Waals surface area contributed by atoms with Gasteiger partial charge in [-0.2, -0.15) is 0 Å². The van der Waals surface area contributed by atoms with Crippen molar-refractivity contribution in [1.29, 1.82) is 0 Å². The highest BCUT2D eigenvalue weighted by molar-refractivity contribution is 9.10. The Balaban J connectivity index is 2.48. The molecule has 0 bridgehead atoms. The van der Waals surface area contributed by atoms with Gasteiger partial charge in [-0.25, -0.2) is 0 Å². The van der Waals surface area contributed by atoms with Gasteiger partial charge in [-0.15, -0.1) is 0 Å². The second kappa shape index (κ2) is 8.67. The molecule has 0 atom stereocenters. The van der Waals surface area contributed by atoms with Gasteiger partial charge in [0, 0.05) is 10.5 Å². The van der Waals surface area contributed by atoms with Gasteiger partial charge in [0.2, 0.25) is 5.91 Å². The lowest BCUT2D eigenvalue weighted by molar-refractivity contribution is -0.148. The molecule has 0 spiro atoms. The zero-order chi connectivity index (χ0) is 15.8. The molecule has 0 saturated carbocycles. The van der Waals surface area contributed by atoms with E-state index >= 15 is 0 Å². The van der Waals surface area contributed by atoms with Crippen LogP contribution < -0.4 is 4.74 Å². The van der Waals surface area contributed by atoms with E-state index in [9.17, 15) is 9.59 Å². The summed E-state index contributed by atoms with van der Waals surface area (Å²) in [4.78, 5) is 24.9. The summed E-state index contributed by atoms with van der Waals surface area (Å²) in [6.45, 7) is 3.94. The van der Waals surface area contributed by atoms with Crippen molar-refractivity contribution in [2.45, 2.75) is 26.3 Å². The van der Waals surface area contributed by atoms with E-state index in [1.54, 1.807) is 0 Å². The molecule has 0 aromatic heterocycles. The predicted molar refractivity (Wildman–Crippen MR) is 83.1 cm³/mol. The molecular formula is C15H20BrNO4. The molecule has 21 heavy (non-hydrogen) atoms. The molecular weight excluding hydrogens is 338 g/mol. The molecule has 0 radical (unpaired) electrons. The number of carbonyl (C=O) groups excluding carboxylic acids is 2. The summed E-state index contributed by atoms with van der Waals surface area (Å²) in [6.07, 6.45) is 0.210. The lowest BCUT2D eigenvalue weighted by Gasteiger charge is -2.25. The van der Waals surface area contributed by atoms with Crippen molar-refractivity contribution >= 4 is 27.8 Å². The van der Waals surface area contributed by atoms with Crippen LogP contribution in [0, 0.1) is 0 Å². The monoisotopic (exact) mass is 357 g/mol. The van der Waals surface area contributed by atoms with Crippen LogP contribution in [0.5, 0.6) is 5.75 Å². The third-order valence-corrected chi connectivity index (χ3v) is 3.34. The number of rotatable bonds is 7. The number of esters is 1. The van der Waals surface area contributed by atoms with Crippen LogP contribution in [0.4, 0.5) is 0 Å². The van der Waals surface area contributed by atoms with Gasteiger partial charge in [0.1, 0.15) is 12.3 Å². The molecule has 6 heteroatoms. The largest absolute Gasteiger partial charge is 0.493 e. The van der Waals surface area contributed by atoms with Crippen molar-refractivity contribution in [2.24, 2.45) is 0 Å². The maximum atomic E-state index is 12.1. The fraction of sp³-hybridized carbons (Fsp3) is 0.467. The first kappa shape index (κ1) is 17.5. The van der Waals surface area contributed by atoms with E-state index in [-0.39, 0.29) is 31.5 Å². The van der Waals surface area contributed by atoms with Gasteiger partial charge in [-0.05, 0) is 32.0 Å². The second-order valence-electron chi connectivity index (χ2n) is 4.75. The highest BCUT2D eigenvalue weighted by Gasteiger charge is 2.20. The summed E-state index contributed by atoms with van der Waals surface area (Å²) >= 11 is 3.35. The highest BCUT2D eigenvalue weighted by Crippen LogP contribution is 2.17. The zero-order valence-corrected chi connectivity index (χ0v) is 14.1. The van der Waals surface area contributed by atoms with E-state index in [0.717, 1.165) is 4.47 Å². The van der Waals surface area contributed by atoms with Gasteiger partial charge in [0.15, 0.2) is 0 Å². The van der Waals surface area contributed by atoms with Gasteiger partial charge in [-0.3, -0.25) is 9.59 Å². The Morgan fingerprint density at radius 1 is 1.33 bits per heavy atom. The third-order valence-electron chi connectivity index (χ3n) is 2.85. The standard InChI is InChI=1S/C15H20BrNO4/c1-11(2)17(10-15(19)20-3)14(18)7-8-21-13-6-4-5-12(16)9-13/h4-6,9,11H,7-8,10H2,1-3H3. The van der Waals surface area contributed by atoms with Crippen LogP contribution >= 0.6 is 15.9 Å². The number of carbonyl (C=O) groups is 2. The maximum Gasteiger partial charge on any atom is 0.325 e. The van der Waals surface area contributed by atoms with E-state index in [2.05, 4.69) is 20.7 Å². The number of methoxy groups -OCH3 is 1. The first-order chi connectivity index (χ1) is 9.93. The molecule has 0 aliphatic carbocycles. The molecule has 0 fully saturated rings. The van der Waals surface area contributed by atoms with Gasteiger partial charge in [0.05, 0.1) is 20.1 Å². The summed E-state index contributed by atoms with van der Waals surface area (Å²) in [5.74, 6) is 0.136. The number of amides is 1. The number of hydrogen-bond donors (Lipinski definition) is 0. The molecule has 0 aliphatic heterocycles. The lowest BCUT2D eigenvalue weighted by atomic mass is 10.2. The zero-order valence-electron chi connectivity index (χ0n) is 12.5. The molecule has 116 valence electrons. The number of halogens is 1. The average Bonchev–Trinajstić information content (AvgIpc) is 2.44. The topological polar surface area (TPSA) is 55.8 Å². The van der Waals surface area contributed by atoms with E-state index in [0.29, 0.717) is 5.75 Å². The first-order valence-corrected chi connectivity index (χ1v) is 7.48. The first-order valence-electron chi connectivity index (χ1n) is 6.68. The fourth-order valence-electron chi connectivity index (χ4n) is 1.72. The van der Waals surface area contributed by atoms with Gasteiger partial charge in [0.25, 0.3) is 0 Å². The maximum absolute atomic E-state index is 12.1. The summed E-state index contributed by atoms with van der Waals surface area (Å²) in [7, 11) is 1.31. The molecule has 0 heterocycles. The summed E-state index contributed by atoms with van der Waals surface area (Å²) in [5, 5.41) is 0. The predicted octanol–water partition coefficient (Wildman–Crippen LogP) is 2.63. The van der Waals surface area contributed by atoms with E-state index in [1.807, 2.05) is 38.1 Å². The van der Waals surface area contributed by atoms with Crippen molar-refractivity contribution in [3.8, 4) is 5.75 Å². The molecule has 0 N–H and O–H groups in total. The van der Waals surface area contributed by atoms with Crippen LogP contribution in [0.3, 0.4) is 0 Å². The van der Waals surface area contributed by atoms with Crippen LogP contribution in [-0.2, 0) is 14.3 Å². The Kier molecular flexibility index (Phi) is 7.22. The molecule has 0 saturated heterocycles. The van der Waals surface area contributed by atoms with E-state index < -0.39 is 5.97 Å². The van der Waals surface area contributed by atoms with E-state index in [4.69, 9.17) is 4.74 Å². The lowest BCUT2D eigenvalue weighted by Crippen LogP contribution is -2.41. The molecule has 0 aliphatic rings. The van der Waals surface area contributed by atoms with Crippen molar-refractivity contribution in [3.63, 3.8) is 0 Å². The Hall–Kier alpha value is -1.56. The van der Waals surface area contributed by atoms with E-state index in [1.165, 1.54) is 12.0 Å². The highest BCUT2D eigenvalue weighted by atomic mass is 79.9. The van der Waals surface area contributed by atoms with Crippen LogP contribution in [0.1, 0.15) is 20.3 Å². The minimum Gasteiger partial charge on any atom is -0.493 e. The molecule has 1 aromatic rings. The van der Waals surface area contributed by atoms with Crippen molar-refractivity contribution in [2.75, 3.05) is 20.3 Å². The van der Waals surface area contributed by atoms with Crippen LogP contribution in [0.25, 0.3) is 0 Å². The molecule has 1 aromatic carbocycles. The van der Waals surface area contributed by atoms with Crippen molar-refractivity contribution in [1.82, 2.24) is 4.90 Å². The Morgan fingerprint density at radius 3 is 2.62 bits per heavy atom. The van der Waals surface area contributed by atoms with Gasteiger partial charge >= 0.3 is 5.97 Å². The number of nitrogens with zero attached hydrogens (tertiary/aromatic N) is 1. The van der Waals surface area contributed by atoms with Gasteiger partial charge < -0.3 is 14.4 Å². The number of ether oxygens (including phenoxy) is 2. The third kappa shape index (κ3) is 6.16. The summed E-state index contributed by atoms with van der Waals surface area (Å²) in [5.41, 5.74) is 0. The normalized spacial score (nSPS) is 10.3. The second-order valence-corrected chi connectivity index (χ2v) is 5.66. The quantitative estimate of drug-likeness (QED) is 0.704. The minimum atomic E-state index is -0.426. The average molecular weight is 358 g/mol. The molecule has 1 rings (SSSR count). The molecule has 5 nitrogen and oxygen atoms in total. The fourth-order valence-corrected chi connectivity index (χ4v) is 2.10.